The number of halogens is 1. The highest BCUT2D eigenvalue weighted by molar-refractivity contribution is 9.10. The Morgan fingerprint density at radius 3 is 2.85 bits per heavy atom. The summed E-state index contributed by atoms with van der Waals surface area (Å²) in [5.41, 5.74) is 7.87. The SMILES string of the molecule is CC(C)(C)C(N)C(=O)NCc1cc(Br)cc2c1OCC2. The summed E-state index contributed by atoms with van der Waals surface area (Å²) < 4.78 is 6.65. The Kier molecular flexibility index (Phi) is 4.39. The molecule has 0 spiro atoms. The molecule has 0 radical (unpaired) electrons. The molecule has 5 heteroatoms. The van der Waals surface area contributed by atoms with Gasteiger partial charge < -0.3 is 15.8 Å². The molecule has 110 valence electrons. The van der Waals surface area contributed by atoms with E-state index in [2.05, 4.69) is 27.3 Å². The van der Waals surface area contributed by atoms with E-state index in [1.54, 1.807) is 0 Å². The van der Waals surface area contributed by atoms with Crippen LogP contribution in [0.15, 0.2) is 16.6 Å². The summed E-state index contributed by atoms with van der Waals surface area (Å²) in [6.07, 6.45) is 0.914. The largest absolute Gasteiger partial charge is 0.493 e. The van der Waals surface area contributed by atoms with Gasteiger partial charge in [-0.3, -0.25) is 4.79 Å². The summed E-state index contributed by atoms with van der Waals surface area (Å²) in [4.78, 5) is 12.1. The molecule has 0 saturated heterocycles. The van der Waals surface area contributed by atoms with Crippen molar-refractivity contribution in [3.05, 3.63) is 27.7 Å². The van der Waals surface area contributed by atoms with E-state index in [0.29, 0.717) is 13.2 Å². The number of hydrogen-bond acceptors (Lipinski definition) is 3. The Morgan fingerprint density at radius 1 is 1.50 bits per heavy atom. The van der Waals surface area contributed by atoms with Gasteiger partial charge >= 0.3 is 0 Å². The van der Waals surface area contributed by atoms with Crippen molar-refractivity contribution in [2.75, 3.05) is 6.61 Å². The number of carbonyl (C=O) groups excluding carboxylic acids is 1. The fraction of sp³-hybridized carbons (Fsp3) is 0.533. The Balaban J connectivity index is 2.07. The van der Waals surface area contributed by atoms with E-state index in [0.717, 1.165) is 22.2 Å². The third-order valence-electron chi connectivity index (χ3n) is 3.49. The van der Waals surface area contributed by atoms with Crippen LogP contribution >= 0.6 is 15.9 Å². The monoisotopic (exact) mass is 340 g/mol. The quantitative estimate of drug-likeness (QED) is 0.887. The van der Waals surface area contributed by atoms with Gasteiger partial charge in [-0.15, -0.1) is 0 Å². The highest BCUT2D eigenvalue weighted by atomic mass is 79.9. The molecule has 1 amide bonds. The van der Waals surface area contributed by atoms with Crippen LogP contribution in [0.5, 0.6) is 5.75 Å². The molecule has 1 atom stereocenters. The van der Waals surface area contributed by atoms with Crippen molar-refractivity contribution in [3.8, 4) is 5.75 Å². The number of fused-ring (bicyclic) bond motifs is 1. The number of amides is 1. The lowest BCUT2D eigenvalue weighted by Crippen LogP contribution is -2.48. The zero-order valence-corrected chi connectivity index (χ0v) is 13.7. The minimum absolute atomic E-state index is 0.135. The minimum Gasteiger partial charge on any atom is -0.493 e. The molecule has 0 aliphatic carbocycles. The van der Waals surface area contributed by atoms with Crippen LogP contribution in [-0.2, 0) is 17.8 Å². The number of benzene rings is 1. The maximum atomic E-state index is 12.1. The fourth-order valence-corrected chi connectivity index (χ4v) is 2.72. The van der Waals surface area contributed by atoms with Crippen LogP contribution in [0.3, 0.4) is 0 Å². The van der Waals surface area contributed by atoms with Crippen LogP contribution < -0.4 is 15.8 Å². The molecule has 20 heavy (non-hydrogen) atoms. The van der Waals surface area contributed by atoms with E-state index in [9.17, 15) is 4.79 Å². The predicted octanol–water partition coefficient (Wildman–Crippen LogP) is 2.37. The number of nitrogens with two attached hydrogens (primary N) is 1. The van der Waals surface area contributed by atoms with Crippen molar-refractivity contribution in [1.82, 2.24) is 5.32 Å². The van der Waals surface area contributed by atoms with Gasteiger partial charge in [0.2, 0.25) is 5.91 Å². The Morgan fingerprint density at radius 2 is 2.20 bits per heavy atom. The van der Waals surface area contributed by atoms with Gasteiger partial charge in [0, 0.05) is 23.0 Å². The highest BCUT2D eigenvalue weighted by Crippen LogP contribution is 2.32. The van der Waals surface area contributed by atoms with Crippen molar-refractivity contribution in [2.24, 2.45) is 11.1 Å². The van der Waals surface area contributed by atoms with Crippen LogP contribution in [0, 0.1) is 5.41 Å². The molecule has 3 N–H and O–H groups in total. The lowest BCUT2D eigenvalue weighted by Gasteiger charge is -2.26. The first-order valence-electron chi connectivity index (χ1n) is 6.76. The van der Waals surface area contributed by atoms with Gasteiger partial charge in [-0.1, -0.05) is 36.7 Å². The molecule has 0 bridgehead atoms. The number of hydrogen-bond donors (Lipinski definition) is 2. The first-order chi connectivity index (χ1) is 9.29. The van der Waals surface area contributed by atoms with Crippen LogP contribution in [-0.4, -0.2) is 18.6 Å². The summed E-state index contributed by atoms with van der Waals surface area (Å²) in [6, 6.07) is 3.52. The second-order valence-electron chi connectivity index (χ2n) is 6.21. The molecule has 0 fully saturated rings. The van der Waals surface area contributed by atoms with Crippen LogP contribution in [0.1, 0.15) is 31.9 Å². The number of nitrogens with one attached hydrogen (secondary N) is 1. The standard InChI is InChI=1S/C15H21BrN2O2/c1-15(2,3)13(17)14(19)18-8-10-7-11(16)6-9-4-5-20-12(9)10/h6-7,13H,4-5,8,17H2,1-3H3,(H,18,19). The number of ether oxygens (including phenoxy) is 1. The molecule has 1 aliphatic rings. The first kappa shape index (κ1) is 15.3. The number of carbonyl (C=O) groups is 1. The van der Waals surface area contributed by atoms with E-state index in [1.807, 2.05) is 26.8 Å². The molecular formula is C15H21BrN2O2. The molecule has 1 aliphatic heterocycles. The second kappa shape index (κ2) is 5.74. The topological polar surface area (TPSA) is 64.4 Å². The van der Waals surface area contributed by atoms with Gasteiger partial charge in [0.15, 0.2) is 0 Å². The third kappa shape index (κ3) is 3.33. The molecule has 2 rings (SSSR count). The molecule has 0 aromatic heterocycles. The summed E-state index contributed by atoms with van der Waals surface area (Å²) >= 11 is 3.49. The fourth-order valence-electron chi connectivity index (χ4n) is 2.16. The summed E-state index contributed by atoms with van der Waals surface area (Å²) in [7, 11) is 0. The third-order valence-corrected chi connectivity index (χ3v) is 3.95. The van der Waals surface area contributed by atoms with Crippen molar-refractivity contribution in [1.29, 1.82) is 0 Å². The van der Waals surface area contributed by atoms with Crippen LogP contribution in [0.25, 0.3) is 0 Å². The minimum atomic E-state index is -0.524. The Labute approximate surface area is 128 Å². The normalized spacial score (nSPS) is 15.4. The zero-order valence-electron chi connectivity index (χ0n) is 12.1. The Bertz CT molecular complexity index is 523. The zero-order chi connectivity index (χ0) is 14.9. The predicted molar refractivity (Wildman–Crippen MR) is 82.6 cm³/mol. The summed E-state index contributed by atoms with van der Waals surface area (Å²) in [6.45, 7) is 7.00. The molecule has 4 nitrogen and oxygen atoms in total. The van der Waals surface area contributed by atoms with Crippen molar-refractivity contribution in [3.63, 3.8) is 0 Å². The van der Waals surface area contributed by atoms with Crippen molar-refractivity contribution < 1.29 is 9.53 Å². The smallest absolute Gasteiger partial charge is 0.237 e. The molecule has 1 unspecified atom stereocenters. The van der Waals surface area contributed by atoms with Gasteiger partial charge in [-0.25, -0.2) is 0 Å². The molecule has 1 aromatic carbocycles. The van der Waals surface area contributed by atoms with Gasteiger partial charge in [0.05, 0.1) is 12.6 Å². The Hall–Kier alpha value is -1.07. The lowest BCUT2D eigenvalue weighted by atomic mass is 9.87. The van der Waals surface area contributed by atoms with Gasteiger partial charge in [-0.2, -0.15) is 0 Å². The van der Waals surface area contributed by atoms with E-state index < -0.39 is 6.04 Å². The van der Waals surface area contributed by atoms with Gasteiger partial charge in [0.1, 0.15) is 5.75 Å². The summed E-state index contributed by atoms with van der Waals surface area (Å²) in [5, 5.41) is 2.90. The first-order valence-corrected chi connectivity index (χ1v) is 7.55. The maximum absolute atomic E-state index is 12.1. The molecule has 0 saturated carbocycles. The molecular weight excluding hydrogens is 320 g/mol. The lowest BCUT2D eigenvalue weighted by molar-refractivity contribution is -0.124. The molecule has 1 aromatic rings. The number of rotatable bonds is 3. The van der Waals surface area contributed by atoms with E-state index in [4.69, 9.17) is 10.5 Å². The average molecular weight is 341 g/mol. The average Bonchev–Trinajstić information content (AvgIpc) is 2.81. The van der Waals surface area contributed by atoms with Crippen molar-refractivity contribution >= 4 is 21.8 Å². The summed E-state index contributed by atoms with van der Waals surface area (Å²) in [5.74, 6) is 0.766. The van der Waals surface area contributed by atoms with E-state index >= 15 is 0 Å². The highest BCUT2D eigenvalue weighted by Gasteiger charge is 2.27. The van der Waals surface area contributed by atoms with Gasteiger partial charge in [0.25, 0.3) is 0 Å². The van der Waals surface area contributed by atoms with Gasteiger partial charge in [-0.05, 0) is 23.1 Å². The van der Waals surface area contributed by atoms with E-state index in [1.165, 1.54) is 5.56 Å². The maximum Gasteiger partial charge on any atom is 0.237 e. The van der Waals surface area contributed by atoms with E-state index in [-0.39, 0.29) is 11.3 Å². The van der Waals surface area contributed by atoms with Crippen LogP contribution in [0.4, 0.5) is 0 Å². The second-order valence-corrected chi connectivity index (χ2v) is 7.13. The molecule has 1 heterocycles. The van der Waals surface area contributed by atoms with Crippen molar-refractivity contribution in [2.45, 2.75) is 39.8 Å². The van der Waals surface area contributed by atoms with Crippen LogP contribution in [0.2, 0.25) is 0 Å².